The van der Waals surface area contributed by atoms with Crippen LogP contribution in [0.1, 0.15) is 12.5 Å². The van der Waals surface area contributed by atoms with E-state index in [-0.39, 0.29) is 12.4 Å². The molecule has 1 aromatic carbocycles. The molecule has 0 saturated heterocycles. The molecule has 0 radical (unpaired) electrons. The van der Waals surface area contributed by atoms with Crippen LogP contribution in [0, 0.1) is 0 Å². The number of rotatable bonds is 4. The number of likely N-dealkylation sites (N-methyl/N-ethyl adjacent to an activating group) is 1. The predicted octanol–water partition coefficient (Wildman–Crippen LogP) is -2.18. The molecule has 2 nitrogen and oxygen atoms in total. The number of methoxy groups -OCH3 is 1. The Bertz CT molecular complexity index is 265. The largest absolute Gasteiger partial charge is 1.00 e. The third-order valence-corrected chi connectivity index (χ3v) is 2.30. The summed E-state index contributed by atoms with van der Waals surface area (Å²) < 4.78 is 5.28. The molecule has 1 rings (SSSR count). The highest BCUT2D eigenvalue weighted by Crippen LogP contribution is 2.17. The van der Waals surface area contributed by atoms with E-state index in [0.717, 1.165) is 12.2 Å². The minimum absolute atomic E-state index is 0. The van der Waals surface area contributed by atoms with Gasteiger partial charge in [-0.05, 0) is 18.6 Å². The lowest BCUT2D eigenvalue weighted by atomic mass is 10.1. The van der Waals surface area contributed by atoms with Crippen LogP contribution in [0.5, 0.6) is 5.75 Å². The Morgan fingerprint density at radius 2 is 2.00 bits per heavy atom. The first-order chi connectivity index (χ1) is 6.27. The van der Waals surface area contributed by atoms with Gasteiger partial charge in [0, 0.05) is 6.42 Å². The fourth-order valence-electron chi connectivity index (χ4n) is 1.34. The zero-order chi connectivity index (χ0) is 9.68. The summed E-state index contributed by atoms with van der Waals surface area (Å²) in [5.74, 6) is 0.996. The molecule has 14 heavy (non-hydrogen) atoms. The Balaban J connectivity index is 0.00000169. The molecule has 0 aromatic heterocycles. The molecule has 0 amide bonds. The zero-order valence-corrected chi connectivity index (χ0v) is 9.71. The van der Waals surface area contributed by atoms with Crippen LogP contribution in [-0.4, -0.2) is 20.2 Å². The summed E-state index contributed by atoms with van der Waals surface area (Å²) in [6.07, 6.45) is 1.06. The molecule has 3 heteroatoms. The molecule has 1 unspecified atom stereocenters. The molecule has 0 fully saturated rings. The maximum atomic E-state index is 5.28. The average molecular weight is 216 g/mol. The van der Waals surface area contributed by atoms with Crippen LogP contribution < -0.4 is 22.5 Å². The highest BCUT2D eigenvalue weighted by Gasteiger charge is 2.07. The molecule has 80 valence electrons. The van der Waals surface area contributed by atoms with Gasteiger partial charge in [0.1, 0.15) is 5.75 Å². The summed E-state index contributed by atoms with van der Waals surface area (Å²) in [7, 11) is 3.82. The molecule has 0 aliphatic carbocycles. The molecule has 1 aromatic rings. The standard InChI is InChI=1S/C11H17NO.ClH/c1-9(12-2)8-10-6-4-5-7-11(10)13-3;/h4-7,9,12H,8H2,1-3H3;1H. The van der Waals surface area contributed by atoms with Crippen molar-refractivity contribution in [2.24, 2.45) is 0 Å². The van der Waals surface area contributed by atoms with E-state index in [9.17, 15) is 0 Å². The molecule has 0 heterocycles. The number of para-hydroxylation sites is 1. The van der Waals surface area contributed by atoms with Gasteiger partial charge in [-0.2, -0.15) is 0 Å². The first kappa shape index (κ1) is 13.3. The maximum Gasteiger partial charge on any atom is 0.122 e. The summed E-state index contributed by atoms with van der Waals surface area (Å²) in [6.45, 7) is 2.21. The summed E-state index contributed by atoms with van der Waals surface area (Å²) in [5, 5.41) is 2.21. The molecule has 0 aliphatic heterocycles. The molecular formula is C11H18ClNO. The van der Waals surface area contributed by atoms with Crippen LogP contribution in [-0.2, 0) is 6.42 Å². The van der Waals surface area contributed by atoms with Crippen molar-refractivity contribution in [3.8, 4) is 5.75 Å². The first-order valence-electron chi connectivity index (χ1n) is 4.69. The van der Waals surface area contributed by atoms with E-state index >= 15 is 0 Å². The monoisotopic (exact) mass is 215 g/mol. The van der Waals surface area contributed by atoms with Gasteiger partial charge < -0.3 is 22.5 Å². The minimum Gasteiger partial charge on any atom is -1.00 e. The van der Waals surface area contributed by atoms with Gasteiger partial charge >= 0.3 is 0 Å². The lowest BCUT2D eigenvalue weighted by Crippen LogP contribution is -3.00. The second-order valence-corrected chi connectivity index (χ2v) is 3.33. The second kappa shape index (κ2) is 6.68. The molecule has 0 spiro atoms. The number of hydrogen-bond donors (Lipinski definition) is 1. The van der Waals surface area contributed by atoms with Crippen molar-refractivity contribution < 1.29 is 22.5 Å². The Kier molecular flexibility index (Phi) is 6.34. The van der Waals surface area contributed by atoms with Gasteiger partial charge in [-0.1, -0.05) is 18.2 Å². The Morgan fingerprint density at radius 1 is 1.36 bits per heavy atom. The smallest absolute Gasteiger partial charge is 0.122 e. The first-order valence-corrected chi connectivity index (χ1v) is 4.69. The fraction of sp³-hybridized carbons (Fsp3) is 0.455. The van der Waals surface area contributed by atoms with Gasteiger partial charge in [-0.15, -0.1) is 0 Å². The van der Waals surface area contributed by atoms with Crippen molar-refractivity contribution in [3.63, 3.8) is 0 Å². The number of ether oxygens (including phenoxy) is 1. The van der Waals surface area contributed by atoms with E-state index in [1.54, 1.807) is 7.11 Å². The molecule has 0 bridgehead atoms. The van der Waals surface area contributed by atoms with E-state index < -0.39 is 0 Å². The van der Waals surface area contributed by atoms with Crippen LogP contribution in [0.25, 0.3) is 0 Å². The quantitative estimate of drug-likeness (QED) is 0.608. The summed E-state index contributed by atoms with van der Waals surface area (Å²) >= 11 is 0. The summed E-state index contributed by atoms with van der Waals surface area (Å²) in [6, 6.07) is 8.80. The van der Waals surface area contributed by atoms with Crippen LogP contribution in [0.2, 0.25) is 0 Å². The third kappa shape index (κ3) is 3.56. The van der Waals surface area contributed by atoms with Gasteiger partial charge in [-0.25, -0.2) is 0 Å². The van der Waals surface area contributed by atoms with Crippen LogP contribution in [0.15, 0.2) is 24.3 Å². The molecular weight excluding hydrogens is 198 g/mol. The van der Waals surface area contributed by atoms with Gasteiger partial charge in [0.05, 0.1) is 20.2 Å². The second-order valence-electron chi connectivity index (χ2n) is 3.33. The van der Waals surface area contributed by atoms with Crippen molar-refractivity contribution in [2.75, 3.05) is 14.2 Å². The van der Waals surface area contributed by atoms with Gasteiger partial charge in [-0.3, -0.25) is 0 Å². The number of hydrogen-bond acceptors (Lipinski definition) is 1. The van der Waals surface area contributed by atoms with Crippen molar-refractivity contribution in [1.29, 1.82) is 0 Å². The van der Waals surface area contributed by atoms with E-state index in [1.165, 1.54) is 5.56 Å². The zero-order valence-electron chi connectivity index (χ0n) is 8.96. The topological polar surface area (TPSA) is 25.8 Å². The van der Waals surface area contributed by atoms with Crippen LogP contribution in [0.3, 0.4) is 0 Å². The molecule has 0 saturated carbocycles. The summed E-state index contributed by atoms with van der Waals surface area (Å²) in [5.41, 5.74) is 1.29. The molecule has 0 aliphatic rings. The Labute approximate surface area is 92.1 Å². The lowest BCUT2D eigenvalue weighted by Gasteiger charge is -2.10. The Hall–Kier alpha value is -0.730. The van der Waals surface area contributed by atoms with E-state index in [4.69, 9.17) is 4.74 Å². The lowest BCUT2D eigenvalue weighted by molar-refractivity contribution is -0.659. The van der Waals surface area contributed by atoms with Crippen molar-refractivity contribution in [1.82, 2.24) is 0 Å². The van der Waals surface area contributed by atoms with E-state index in [1.807, 2.05) is 12.1 Å². The number of benzene rings is 1. The Morgan fingerprint density at radius 3 is 2.57 bits per heavy atom. The molecule has 1 atom stereocenters. The highest BCUT2D eigenvalue weighted by atomic mass is 35.5. The SMILES string of the molecule is C[NH2+]C(C)Cc1ccccc1OC.[Cl-]. The van der Waals surface area contributed by atoms with Crippen LogP contribution >= 0.6 is 0 Å². The van der Waals surface area contributed by atoms with Crippen molar-refractivity contribution >= 4 is 0 Å². The van der Waals surface area contributed by atoms with Gasteiger partial charge in [0.25, 0.3) is 0 Å². The van der Waals surface area contributed by atoms with Crippen molar-refractivity contribution in [2.45, 2.75) is 19.4 Å². The van der Waals surface area contributed by atoms with E-state index in [2.05, 4.69) is 31.4 Å². The number of nitrogens with two attached hydrogens (primary N) is 1. The number of quaternary nitrogens is 1. The number of halogens is 1. The minimum atomic E-state index is 0. The summed E-state index contributed by atoms with van der Waals surface area (Å²) in [4.78, 5) is 0. The van der Waals surface area contributed by atoms with Crippen molar-refractivity contribution in [3.05, 3.63) is 29.8 Å². The highest BCUT2D eigenvalue weighted by molar-refractivity contribution is 5.33. The van der Waals surface area contributed by atoms with Gasteiger partial charge in [0.2, 0.25) is 0 Å². The fourth-order valence-corrected chi connectivity index (χ4v) is 1.34. The van der Waals surface area contributed by atoms with Gasteiger partial charge in [0.15, 0.2) is 0 Å². The maximum absolute atomic E-state index is 5.28. The third-order valence-electron chi connectivity index (χ3n) is 2.30. The van der Waals surface area contributed by atoms with Crippen LogP contribution in [0.4, 0.5) is 0 Å². The molecule has 2 N–H and O–H groups in total. The normalized spacial score (nSPS) is 11.6. The average Bonchev–Trinajstić information content (AvgIpc) is 2.18. The predicted molar refractivity (Wildman–Crippen MR) is 54.0 cm³/mol. The van der Waals surface area contributed by atoms with E-state index in [0.29, 0.717) is 6.04 Å².